The molecule has 2 heterocycles. The SMILES string of the molecule is COc1ccc([N+](=O)[O-])cc1NC(=O)C(C)Sc1ncnc2sc(-c3ccccc3)cc12. The molecule has 1 amide bonds. The average molecular weight is 467 g/mol. The molecule has 1 unspecified atom stereocenters. The van der Waals surface area contributed by atoms with Gasteiger partial charge in [-0.1, -0.05) is 42.1 Å². The van der Waals surface area contributed by atoms with E-state index in [4.69, 9.17) is 4.74 Å². The summed E-state index contributed by atoms with van der Waals surface area (Å²) in [4.78, 5) is 34.0. The van der Waals surface area contributed by atoms with Crippen LogP contribution in [0.5, 0.6) is 5.75 Å². The Hall–Kier alpha value is -3.50. The molecule has 2 aromatic carbocycles. The number of thiophene rings is 1. The third kappa shape index (κ3) is 4.56. The van der Waals surface area contributed by atoms with Crippen LogP contribution in [0.25, 0.3) is 20.7 Å². The van der Waals surface area contributed by atoms with Gasteiger partial charge in [0.05, 0.1) is 23.0 Å². The van der Waals surface area contributed by atoms with Gasteiger partial charge in [-0.05, 0) is 24.6 Å². The summed E-state index contributed by atoms with van der Waals surface area (Å²) >= 11 is 2.87. The molecule has 0 spiro atoms. The van der Waals surface area contributed by atoms with Gasteiger partial charge in [-0.3, -0.25) is 14.9 Å². The molecule has 0 radical (unpaired) electrons. The van der Waals surface area contributed by atoms with Crippen LogP contribution in [0.1, 0.15) is 6.92 Å². The van der Waals surface area contributed by atoms with Crippen LogP contribution in [0.2, 0.25) is 0 Å². The molecule has 4 aromatic rings. The van der Waals surface area contributed by atoms with Crippen molar-refractivity contribution < 1.29 is 14.5 Å². The van der Waals surface area contributed by atoms with Crippen molar-refractivity contribution in [2.75, 3.05) is 12.4 Å². The number of benzene rings is 2. The summed E-state index contributed by atoms with van der Waals surface area (Å²) in [6.45, 7) is 1.75. The topological polar surface area (TPSA) is 107 Å². The van der Waals surface area contributed by atoms with Crippen molar-refractivity contribution in [2.24, 2.45) is 0 Å². The number of rotatable bonds is 7. The zero-order chi connectivity index (χ0) is 22.7. The number of nitro benzene ring substituents is 1. The van der Waals surface area contributed by atoms with Crippen molar-refractivity contribution >= 4 is 50.6 Å². The van der Waals surface area contributed by atoms with E-state index in [1.165, 1.54) is 43.4 Å². The first-order valence-corrected chi connectivity index (χ1v) is 11.3. The van der Waals surface area contributed by atoms with Crippen LogP contribution in [-0.4, -0.2) is 33.2 Å². The molecule has 32 heavy (non-hydrogen) atoms. The normalized spacial score (nSPS) is 11.8. The Bertz CT molecular complexity index is 1290. The van der Waals surface area contributed by atoms with Crippen LogP contribution in [-0.2, 0) is 4.79 Å². The summed E-state index contributed by atoms with van der Waals surface area (Å²) in [6.07, 6.45) is 1.49. The minimum absolute atomic E-state index is 0.134. The van der Waals surface area contributed by atoms with Gasteiger partial charge in [0.1, 0.15) is 21.9 Å². The number of fused-ring (bicyclic) bond motifs is 1. The van der Waals surface area contributed by atoms with Crippen LogP contribution in [0, 0.1) is 10.1 Å². The maximum atomic E-state index is 12.8. The first kappa shape index (κ1) is 21.7. The molecule has 0 aliphatic rings. The third-order valence-electron chi connectivity index (χ3n) is 4.66. The number of non-ortho nitro benzene ring substituents is 1. The van der Waals surface area contributed by atoms with E-state index < -0.39 is 10.2 Å². The van der Waals surface area contributed by atoms with E-state index >= 15 is 0 Å². The molecule has 4 rings (SSSR count). The van der Waals surface area contributed by atoms with Crippen LogP contribution in [0.3, 0.4) is 0 Å². The van der Waals surface area contributed by atoms with Crippen LogP contribution in [0.15, 0.2) is 66.0 Å². The van der Waals surface area contributed by atoms with Crippen LogP contribution >= 0.6 is 23.1 Å². The zero-order valence-electron chi connectivity index (χ0n) is 17.1. The van der Waals surface area contributed by atoms with Gasteiger partial charge in [0.15, 0.2) is 0 Å². The number of methoxy groups -OCH3 is 1. The third-order valence-corrected chi connectivity index (χ3v) is 6.87. The molecule has 0 bridgehead atoms. The van der Waals surface area contributed by atoms with Crippen LogP contribution in [0.4, 0.5) is 11.4 Å². The fourth-order valence-corrected chi connectivity index (χ4v) is 5.00. The summed E-state index contributed by atoms with van der Waals surface area (Å²) in [7, 11) is 1.44. The number of hydrogen-bond acceptors (Lipinski definition) is 8. The number of hydrogen-bond donors (Lipinski definition) is 1. The molecular weight excluding hydrogens is 448 g/mol. The highest BCUT2D eigenvalue weighted by molar-refractivity contribution is 8.00. The average Bonchev–Trinajstić information content (AvgIpc) is 3.25. The lowest BCUT2D eigenvalue weighted by Gasteiger charge is -2.14. The number of thioether (sulfide) groups is 1. The second-order valence-electron chi connectivity index (χ2n) is 6.77. The molecular formula is C22H18N4O4S2. The molecule has 0 saturated carbocycles. The van der Waals surface area contributed by atoms with Crippen molar-refractivity contribution in [3.05, 3.63) is 71.0 Å². The number of aromatic nitrogens is 2. The lowest BCUT2D eigenvalue weighted by molar-refractivity contribution is -0.384. The predicted octanol–water partition coefficient (Wildman–Crippen LogP) is 5.39. The van der Waals surface area contributed by atoms with Gasteiger partial charge in [0.25, 0.3) is 5.69 Å². The maximum absolute atomic E-state index is 12.8. The van der Waals surface area contributed by atoms with Gasteiger partial charge in [-0.15, -0.1) is 11.3 Å². The minimum Gasteiger partial charge on any atom is -0.495 e. The largest absolute Gasteiger partial charge is 0.495 e. The summed E-state index contributed by atoms with van der Waals surface area (Å²) in [5.74, 6) is 0.0231. The fourth-order valence-electron chi connectivity index (χ4n) is 3.03. The minimum atomic E-state index is -0.522. The van der Waals surface area contributed by atoms with Gasteiger partial charge < -0.3 is 10.1 Å². The number of carbonyl (C=O) groups excluding carboxylic acids is 1. The standard InChI is InChI=1S/C22H18N4O4S2/c1-13(20(27)25-17-10-15(26(28)29)8-9-18(17)30-2)31-21-16-11-19(14-6-4-3-5-7-14)32-22(16)24-12-23-21/h3-13H,1-2H3,(H,25,27). The fraction of sp³-hybridized carbons (Fsp3) is 0.136. The van der Waals surface area contributed by atoms with Crippen molar-refractivity contribution in [3.63, 3.8) is 0 Å². The molecule has 0 saturated heterocycles. The highest BCUT2D eigenvalue weighted by Crippen LogP contribution is 2.37. The number of nitrogens with one attached hydrogen (secondary N) is 1. The zero-order valence-corrected chi connectivity index (χ0v) is 18.8. The van der Waals surface area contributed by atoms with Gasteiger partial charge in [0.2, 0.25) is 5.91 Å². The van der Waals surface area contributed by atoms with Crippen molar-refractivity contribution in [1.82, 2.24) is 9.97 Å². The second kappa shape index (κ2) is 9.33. The van der Waals surface area contributed by atoms with Crippen LogP contribution < -0.4 is 10.1 Å². The Labute approximate surface area is 191 Å². The number of anilines is 1. The number of nitro groups is 1. The van der Waals surface area contributed by atoms with E-state index in [1.54, 1.807) is 18.3 Å². The van der Waals surface area contributed by atoms with Gasteiger partial charge in [0, 0.05) is 22.4 Å². The molecule has 0 aliphatic carbocycles. The smallest absolute Gasteiger partial charge is 0.271 e. The van der Waals surface area contributed by atoms with E-state index in [-0.39, 0.29) is 17.3 Å². The molecule has 8 nitrogen and oxygen atoms in total. The summed E-state index contributed by atoms with van der Waals surface area (Å²) in [5, 5.41) is 14.9. The van der Waals surface area contributed by atoms with E-state index in [0.717, 1.165) is 20.7 Å². The van der Waals surface area contributed by atoms with E-state index in [0.29, 0.717) is 10.8 Å². The molecule has 2 aromatic heterocycles. The first-order chi connectivity index (χ1) is 15.5. The summed E-state index contributed by atoms with van der Waals surface area (Å²) in [6, 6.07) is 16.1. The summed E-state index contributed by atoms with van der Waals surface area (Å²) < 4.78 is 5.22. The molecule has 1 atom stereocenters. The highest BCUT2D eigenvalue weighted by Gasteiger charge is 2.21. The highest BCUT2D eigenvalue weighted by atomic mass is 32.2. The summed E-state index contributed by atoms with van der Waals surface area (Å²) in [5.41, 5.74) is 1.20. The van der Waals surface area contributed by atoms with Gasteiger partial charge in [-0.2, -0.15) is 0 Å². The second-order valence-corrected chi connectivity index (χ2v) is 9.13. The predicted molar refractivity (Wildman–Crippen MR) is 126 cm³/mol. The Morgan fingerprint density at radius 2 is 1.97 bits per heavy atom. The molecule has 162 valence electrons. The van der Waals surface area contributed by atoms with Gasteiger partial charge in [-0.25, -0.2) is 9.97 Å². The quantitative estimate of drug-likeness (QED) is 0.168. The molecule has 1 N–H and O–H groups in total. The van der Waals surface area contributed by atoms with Crippen molar-refractivity contribution in [1.29, 1.82) is 0 Å². The number of nitrogens with zero attached hydrogens (tertiary/aromatic N) is 3. The van der Waals surface area contributed by atoms with E-state index in [1.807, 2.05) is 36.4 Å². The number of ether oxygens (including phenoxy) is 1. The maximum Gasteiger partial charge on any atom is 0.271 e. The number of carbonyl (C=O) groups is 1. The van der Waals surface area contributed by atoms with Crippen molar-refractivity contribution in [3.8, 4) is 16.2 Å². The van der Waals surface area contributed by atoms with Crippen molar-refractivity contribution in [2.45, 2.75) is 17.2 Å². The van der Waals surface area contributed by atoms with E-state index in [9.17, 15) is 14.9 Å². The molecule has 0 aliphatic heterocycles. The first-order valence-electron chi connectivity index (χ1n) is 9.56. The lowest BCUT2D eigenvalue weighted by atomic mass is 10.2. The van der Waals surface area contributed by atoms with E-state index in [2.05, 4.69) is 15.3 Å². The number of amides is 1. The Balaban J connectivity index is 1.56. The molecule has 0 fully saturated rings. The Morgan fingerprint density at radius 3 is 2.69 bits per heavy atom. The molecule has 10 heteroatoms. The Morgan fingerprint density at radius 1 is 1.19 bits per heavy atom. The van der Waals surface area contributed by atoms with Gasteiger partial charge >= 0.3 is 0 Å². The monoisotopic (exact) mass is 466 g/mol. The lowest BCUT2D eigenvalue weighted by Crippen LogP contribution is -2.23. The Kier molecular flexibility index (Phi) is 6.33.